The van der Waals surface area contributed by atoms with Gasteiger partial charge >= 0.3 is 0 Å². The summed E-state index contributed by atoms with van der Waals surface area (Å²) in [7, 11) is 0. The van der Waals surface area contributed by atoms with Crippen LogP contribution in [0, 0.1) is 5.92 Å². The molecule has 3 rings (SSSR count). The van der Waals surface area contributed by atoms with Crippen LogP contribution < -0.4 is 10.1 Å². The van der Waals surface area contributed by atoms with E-state index in [1.807, 2.05) is 24.5 Å². The van der Waals surface area contributed by atoms with Crippen molar-refractivity contribution in [1.82, 2.24) is 4.98 Å². The molecule has 1 heterocycles. The Balaban J connectivity index is 1.45. The van der Waals surface area contributed by atoms with Crippen LogP contribution in [0.1, 0.15) is 37.7 Å². The number of nitrogens with one attached hydrogen (secondary N) is 1. The zero-order chi connectivity index (χ0) is 15.7. The first kappa shape index (κ1) is 15.9. The number of benzene rings is 1. The average molecular weight is 310 g/mol. The second-order valence-electron chi connectivity index (χ2n) is 6.38. The molecule has 1 saturated carbocycles. The van der Waals surface area contributed by atoms with Crippen LogP contribution in [0.25, 0.3) is 0 Å². The van der Waals surface area contributed by atoms with Gasteiger partial charge in [0.1, 0.15) is 5.75 Å². The van der Waals surface area contributed by atoms with Gasteiger partial charge in [-0.3, -0.25) is 4.98 Å². The summed E-state index contributed by atoms with van der Waals surface area (Å²) in [6.07, 6.45) is 11.4. The summed E-state index contributed by atoms with van der Waals surface area (Å²) in [6.45, 7) is 1.79. The van der Waals surface area contributed by atoms with Gasteiger partial charge in [0.15, 0.2) is 0 Å². The minimum Gasteiger partial charge on any atom is -0.493 e. The second kappa shape index (κ2) is 8.56. The van der Waals surface area contributed by atoms with Crippen LogP contribution in [0.4, 0.5) is 5.69 Å². The van der Waals surface area contributed by atoms with Crippen molar-refractivity contribution in [2.24, 2.45) is 5.92 Å². The largest absolute Gasteiger partial charge is 0.493 e. The fourth-order valence-corrected chi connectivity index (χ4v) is 3.18. The smallest absolute Gasteiger partial charge is 0.119 e. The Morgan fingerprint density at radius 2 is 1.87 bits per heavy atom. The van der Waals surface area contributed by atoms with Crippen LogP contribution in [0.15, 0.2) is 48.8 Å². The number of anilines is 1. The minimum absolute atomic E-state index is 0.751. The number of hydrogen-bond donors (Lipinski definition) is 1. The Morgan fingerprint density at radius 1 is 1.04 bits per heavy atom. The lowest BCUT2D eigenvalue weighted by Gasteiger charge is -2.21. The maximum atomic E-state index is 6.02. The molecule has 1 aromatic heterocycles. The van der Waals surface area contributed by atoms with Gasteiger partial charge in [0.05, 0.1) is 6.61 Å². The van der Waals surface area contributed by atoms with Crippen LogP contribution in [-0.4, -0.2) is 18.1 Å². The monoisotopic (exact) mass is 310 g/mol. The molecule has 1 N–H and O–H groups in total. The predicted molar refractivity (Wildman–Crippen MR) is 94.9 cm³/mol. The lowest BCUT2D eigenvalue weighted by Crippen LogP contribution is -2.15. The van der Waals surface area contributed by atoms with Crippen molar-refractivity contribution in [2.45, 2.75) is 38.5 Å². The molecular formula is C20H26N2O. The second-order valence-corrected chi connectivity index (χ2v) is 6.38. The molecule has 122 valence electrons. The van der Waals surface area contributed by atoms with Gasteiger partial charge in [-0.25, -0.2) is 0 Å². The van der Waals surface area contributed by atoms with E-state index in [0.29, 0.717) is 0 Å². The molecule has 1 fully saturated rings. The zero-order valence-electron chi connectivity index (χ0n) is 13.7. The molecule has 0 amide bonds. The van der Waals surface area contributed by atoms with Crippen molar-refractivity contribution in [3.63, 3.8) is 0 Å². The highest BCUT2D eigenvalue weighted by Crippen LogP contribution is 2.25. The molecule has 1 aliphatic rings. The summed E-state index contributed by atoms with van der Waals surface area (Å²) in [6, 6.07) is 12.5. The van der Waals surface area contributed by atoms with E-state index in [0.717, 1.165) is 36.9 Å². The molecular weight excluding hydrogens is 284 g/mol. The van der Waals surface area contributed by atoms with Crippen molar-refractivity contribution < 1.29 is 4.74 Å². The molecule has 0 atom stereocenters. The van der Waals surface area contributed by atoms with Crippen LogP contribution in [0.2, 0.25) is 0 Å². The summed E-state index contributed by atoms with van der Waals surface area (Å²) in [5.74, 6) is 1.76. The molecule has 0 saturated heterocycles. The maximum Gasteiger partial charge on any atom is 0.119 e. The lowest BCUT2D eigenvalue weighted by molar-refractivity contribution is 0.208. The standard InChI is InChI=1S/C20H26N2O/c1-2-5-18(6-3-1)16-23-20-8-4-7-17(15-20)9-14-22-19-10-12-21-13-11-19/h4,7-8,10-13,15,18H,1-3,5-6,9,14,16H2,(H,21,22). The topological polar surface area (TPSA) is 34.2 Å². The van der Waals surface area contributed by atoms with E-state index in [-0.39, 0.29) is 0 Å². The quantitative estimate of drug-likeness (QED) is 0.805. The number of nitrogens with zero attached hydrogens (tertiary/aromatic N) is 1. The zero-order valence-corrected chi connectivity index (χ0v) is 13.7. The van der Waals surface area contributed by atoms with Gasteiger partial charge in [0, 0.05) is 24.6 Å². The Hall–Kier alpha value is -2.03. The summed E-state index contributed by atoms with van der Waals surface area (Å²) >= 11 is 0. The van der Waals surface area contributed by atoms with E-state index >= 15 is 0 Å². The Kier molecular flexibility index (Phi) is 5.90. The molecule has 0 radical (unpaired) electrons. The van der Waals surface area contributed by atoms with Gasteiger partial charge in [-0.05, 0) is 55.0 Å². The van der Waals surface area contributed by atoms with E-state index < -0.39 is 0 Å². The van der Waals surface area contributed by atoms with E-state index in [1.165, 1.54) is 37.7 Å². The average Bonchev–Trinajstić information content (AvgIpc) is 2.62. The SMILES string of the molecule is c1cc(CCNc2ccncc2)cc(OCC2CCCCC2)c1. The molecule has 23 heavy (non-hydrogen) atoms. The first-order valence-electron chi connectivity index (χ1n) is 8.76. The molecule has 0 bridgehead atoms. The summed E-state index contributed by atoms with van der Waals surface area (Å²) in [5.41, 5.74) is 2.43. The highest BCUT2D eigenvalue weighted by atomic mass is 16.5. The van der Waals surface area contributed by atoms with Crippen LogP contribution in [0.5, 0.6) is 5.75 Å². The number of rotatable bonds is 7. The van der Waals surface area contributed by atoms with E-state index in [4.69, 9.17) is 4.74 Å². The molecule has 2 aromatic rings. The Labute approximate surface area is 139 Å². The van der Waals surface area contributed by atoms with Gasteiger partial charge in [-0.1, -0.05) is 31.4 Å². The lowest BCUT2D eigenvalue weighted by atomic mass is 9.90. The molecule has 0 spiro atoms. The summed E-state index contributed by atoms with van der Waals surface area (Å²) in [4.78, 5) is 4.03. The fraction of sp³-hybridized carbons (Fsp3) is 0.450. The first-order valence-corrected chi connectivity index (χ1v) is 8.76. The fourth-order valence-electron chi connectivity index (χ4n) is 3.18. The van der Waals surface area contributed by atoms with E-state index in [9.17, 15) is 0 Å². The van der Waals surface area contributed by atoms with Crippen molar-refractivity contribution in [3.8, 4) is 5.75 Å². The van der Waals surface area contributed by atoms with Gasteiger partial charge in [0.2, 0.25) is 0 Å². The van der Waals surface area contributed by atoms with Crippen molar-refractivity contribution in [2.75, 3.05) is 18.5 Å². The highest BCUT2D eigenvalue weighted by Gasteiger charge is 2.13. The van der Waals surface area contributed by atoms with Gasteiger partial charge in [-0.2, -0.15) is 0 Å². The van der Waals surface area contributed by atoms with E-state index in [1.54, 1.807) is 0 Å². The van der Waals surface area contributed by atoms with Crippen LogP contribution in [-0.2, 0) is 6.42 Å². The van der Waals surface area contributed by atoms with Crippen molar-refractivity contribution in [1.29, 1.82) is 0 Å². The molecule has 0 unspecified atom stereocenters. The van der Waals surface area contributed by atoms with Gasteiger partial charge < -0.3 is 10.1 Å². The molecule has 0 aliphatic heterocycles. The molecule has 1 aliphatic carbocycles. The first-order chi connectivity index (χ1) is 11.4. The van der Waals surface area contributed by atoms with E-state index in [2.05, 4.69) is 34.6 Å². The summed E-state index contributed by atoms with van der Waals surface area (Å²) in [5, 5.41) is 3.42. The normalized spacial score (nSPS) is 15.3. The third-order valence-electron chi connectivity index (χ3n) is 4.53. The third-order valence-corrected chi connectivity index (χ3v) is 4.53. The van der Waals surface area contributed by atoms with Crippen molar-refractivity contribution >= 4 is 5.69 Å². The van der Waals surface area contributed by atoms with Crippen molar-refractivity contribution in [3.05, 3.63) is 54.4 Å². The Bertz CT molecular complexity index is 579. The Morgan fingerprint density at radius 3 is 2.70 bits per heavy atom. The number of aromatic nitrogens is 1. The predicted octanol–water partition coefficient (Wildman–Crippen LogP) is 4.70. The maximum absolute atomic E-state index is 6.02. The van der Waals surface area contributed by atoms with Crippen LogP contribution >= 0.6 is 0 Å². The molecule has 3 nitrogen and oxygen atoms in total. The van der Waals surface area contributed by atoms with Gasteiger partial charge in [0.25, 0.3) is 0 Å². The number of hydrogen-bond acceptors (Lipinski definition) is 3. The molecule has 1 aromatic carbocycles. The summed E-state index contributed by atoms with van der Waals surface area (Å²) < 4.78 is 6.02. The minimum atomic E-state index is 0.751. The highest BCUT2D eigenvalue weighted by molar-refractivity contribution is 5.41. The number of pyridine rings is 1. The van der Waals surface area contributed by atoms with Crippen LogP contribution in [0.3, 0.4) is 0 Å². The third kappa shape index (κ3) is 5.27. The van der Waals surface area contributed by atoms with Gasteiger partial charge in [-0.15, -0.1) is 0 Å². The number of ether oxygens (including phenoxy) is 1. The molecule has 3 heteroatoms.